The van der Waals surface area contributed by atoms with E-state index in [0.717, 1.165) is 12.8 Å². The second-order valence-corrected chi connectivity index (χ2v) is 13.3. The number of carbonyl (C=O) groups excluding carboxylic acids is 1. The number of carbonyl (C=O) groups is 1. The molecule has 0 aromatic heterocycles. The van der Waals surface area contributed by atoms with Crippen LogP contribution in [-0.2, 0) is 4.79 Å². The van der Waals surface area contributed by atoms with Crippen molar-refractivity contribution in [3.8, 4) is 0 Å². The largest absolute Gasteiger partial charge is 0.361 e. The summed E-state index contributed by atoms with van der Waals surface area (Å²) >= 11 is 5.85. The highest BCUT2D eigenvalue weighted by Gasteiger charge is 2.57. The van der Waals surface area contributed by atoms with Gasteiger partial charge in [-0.1, -0.05) is 64.2 Å². The van der Waals surface area contributed by atoms with Gasteiger partial charge in [0.05, 0.1) is 12.0 Å². The van der Waals surface area contributed by atoms with Crippen molar-refractivity contribution < 1.29 is 4.79 Å². The Hall–Kier alpha value is -0.803. The van der Waals surface area contributed by atoms with Crippen LogP contribution >= 0.6 is 11.6 Å². The molecule has 1 aliphatic rings. The molecule has 2 nitrogen and oxygen atoms in total. The standard InChI is InChI=1S/C18H28ClNOSi/c1-18(2,3)22(4,5)20-16(14-10-7-6-8-11-14)15(17(20)21)12-9-13-19/h6-8,10-11,15-16H,9,12-13H2,1-5H3/t15-,16+/m0/s1. The molecule has 122 valence electrons. The highest BCUT2D eigenvalue weighted by Crippen LogP contribution is 2.51. The lowest BCUT2D eigenvalue weighted by atomic mass is 9.82. The fourth-order valence-electron chi connectivity index (χ4n) is 3.14. The predicted octanol–water partition coefficient (Wildman–Crippen LogP) is 5.21. The molecule has 1 aromatic carbocycles. The van der Waals surface area contributed by atoms with E-state index in [1.807, 2.05) is 6.07 Å². The SMILES string of the molecule is CC(C)(C)[Si](C)(C)N1C(=O)[C@@H](CCCCl)[C@H]1c1ccccc1. The first-order valence-corrected chi connectivity index (χ1v) is 11.6. The van der Waals surface area contributed by atoms with Crippen LogP contribution in [0.3, 0.4) is 0 Å². The van der Waals surface area contributed by atoms with E-state index < -0.39 is 8.24 Å². The summed E-state index contributed by atoms with van der Waals surface area (Å²) in [5.74, 6) is 1.08. The van der Waals surface area contributed by atoms with Crippen molar-refractivity contribution in [1.82, 2.24) is 4.57 Å². The van der Waals surface area contributed by atoms with Gasteiger partial charge in [-0.25, -0.2) is 0 Å². The molecule has 1 heterocycles. The summed E-state index contributed by atoms with van der Waals surface area (Å²) in [6.45, 7) is 11.4. The van der Waals surface area contributed by atoms with E-state index in [1.165, 1.54) is 5.56 Å². The summed E-state index contributed by atoms with van der Waals surface area (Å²) in [4.78, 5) is 12.9. The third kappa shape index (κ3) is 2.98. The van der Waals surface area contributed by atoms with E-state index in [-0.39, 0.29) is 17.0 Å². The first kappa shape index (κ1) is 17.5. The number of nitrogens with zero attached hydrogens (tertiary/aromatic N) is 1. The summed E-state index contributed by atoms with van der Waals surface area (Å²) in [6.07, 6.45) is 1.81. The van der Waals surface area contributed by atoms with Crippen molar-refractivity contribution in [2.24, 2.45) is 5.92 Å². The van der Waals surface area contributed by atoms with Gasteiger partial charge in [-0.2, -0.15) is 0 Å². The molecule has 0 unspecified atom stereocenters. The average molecular weight is 338 g/mol. The van der Waals surface area contributed by atoms with Gasteiger partial charge in [-0.3, -0.25) is 4.79 Å². The maximum atomic E-state index is 12.9. The molecule has 0 saturated carbocycles. The number of hydrogen-bond acceptors (Lipinski definition) is 1. The van der Waals surface area contributed by atoms with E-state index in [0.29, 0.717) is 11.8 Å². The number of halogens is 1. The fourth-order valence-corrected chi connectivity index (χ4v) is 5.76. The lowest BCUT2D eigenvalue weighted by molar-refractivity contribution is -0.149. The van der Waals surface area contributed by atoms with E-state index >= 15 is 0 Å². The molecule has 1 saturated heterocycles. The lowest BCUT2D eigenvalue weighted by Gasteiger charge is -2.58. The molecular formula is C18H28ClNOSi. The number of rotatable bonds is 5. The van der Waals surface area contributed by atoms with Crippen LogP contribution in [0.1, 0.15) is 45.2 Å². The van der Waals surface area contributed by atoms with Crippen molar-refractivity contribution in [2.45, 2.75) is 57.8 Å². The zero-order valence-corrected chi connectivity index (χ0v) is 16.2. The van der Waals surface area contributed by atoms with Gasteiger partial charge in [0, 0.05) is 5.88 Å². The molecule has 0 radical (unpaired) electrons. The van der Waals surface area contributed by atoms with Crippen LogP contribution < -0.4 is 0 Å². The van der Waals surface area contributed by atoms with Crippen LogP contribution in [0.25, 0.3) is 0 Å². The number of benzene rings is 1. The summed E-state index contributed by atoms with van der Waals surface area (Å²) in [5.41, 5.74) is 1.27. The zero-order chi connectivity index (χ0) is 16.5. The minimum atomic E-state index is -1.86. The molecule has 1 amide bonds. The molecular weight excluding hydrogens is 310 g/mol. The van der Waals surface area contributed by atoms with Gasteiger partial charge in [0.2, 0.25) is 5.91 Å². The van der Waals surface area contributed by atoms with Crippen LogP contribution in [-0.4, -0.2) is 24.6 Å². The molecule has 0 aliphatic carbocycles. The maximum Gasteiger partial charge on any atom is 0.220 e. The third-order valence-electron chi connectivity index (χ3n) is 5.44. The second-order valence-electron chi connectivity index (χ2n) is 7.81. The van der Waals surface area contributed by atoms with Gasteiger partial charge in [0.1, 0.15) is 0 Å². The van der Waals surface area contributed by atoms with Gasteiger partial charge in [0.15, 0.2) is 8.24 Å². The Kier molecular flexibility index (Phi) is 5.08. The van der Waals surface area contributed by atoms with E-state index in [9.17, 15) is 4.79 Å². The molecule has 4 heteroatoms. The van der Waals surface area contributed by atoms with Crippen LogP contribution in [0.15, 0.2) is 30.3 Å². The molecule has 2 atom stereocenters. The first-order valence-electron chi connectivity index (χ1n) is 8.16. The van der Waals surface area contributed by atoms with Gasteiger partial charge in [-0.15, -0.1) is 11.6 Å². The van der Waals surface area contributed by atoms with Gasteiger partial charge in [0.25, 0.3) is 0 Å². The Morgan fingerprint density at radius 2 is 1.77 bits per heavy atom. The van der Waals surface area contributed by atoms with E-state index in [1.54, 1.807) is 0 Å². The summed E-state index contributed by atoms with van der Waals surface area (Å²) in [6, 6.07) is 10.7. The van der Waals surface area contributed by atoms with Crippen LogP contribution in [0.4, 0.5) is 0 Å². The van der Waals surface area contributed by atoms with Crippen molar-refractivity contribution in [2.75, 3.05) is 5.88 Å². The Labute approximate surface area is 140 Å². The monoisotopic (exact) mass is 337 g/mol. The molecule has 1 aliphatic heterocycles. The molecule has 22 heavy (non-hydrogen) atoms. The van der Waals surface area contributed by atoms with E-state index in [4.69, 9.17) is 11.6 Å². The fraction of sp³-hybridized carbons (Fsp3) is 0.611. The number of hydrogen-bond donors (Lipinski definition) is 0. The van der Waals surface area contributed by atoms with Gasteiger partial charge < -0.3 is 4.57 Å². The van der Waals surface area contributed by atoms with Crippen molar-refractivity contribution in [3.05, 3.63) is 35.9 Å². The smallest absolute Gasteiger partial charge is 0.220 e. The summed E-state index contributed by atoms with van der Waals surface area (Å²) in [5, 5.41) is 0.160. The van der Waals surface area contributed by atoms with Crippen LogP contribution in [0.2, 0.25) is 18.1 Å². The molecule has 1 aromatic rings. The van der Waals surface area contributed by atoms with Gasteiger partial charge in [-0.05, 0) is 23.4 Å². The highest BCUT2D eigenvalue weighted by atomic mass is 35.5. The first-order chi connectivity index (χ1) is 10.2. The van der Waals surface area contributed by atoms with Gasteiger partial charge >= 0.3 is 0 Å². The Morgan fingerprint density at radius 1 is 1.18 bits per heavy atom. The number of β-lactam (4-membered cyclic amide) rings is 1. The number of amides is 1. The maximum absolute atomic E-state index is 12.9. The van der Waals surface area contributed by atoms with Crippen molar-refractivity contribution in [1.29, 1.82) is 0 Å². The highest BCUT2D eigenvalue weighted by molar-refractivity contribution is 6.80. The second kappa shape index (κ2) is 6.36. The Balaban J connectivity index is 2.35. The molecule has 0 N–H and O–H groups in total. The topological polar surface area (TPSA) is 20.3 Å². The van der Waals surface area contributed by atoms with E-state index in [2.05, 4.69) is 62.7 Å². The average Bonchev–Trinajstić information content (AvgIpc) is 2.44. The minimum absolute atomic E-state index is 0.107. The minimum Gasteiger partial charge on any atom is -0.361 e. The predicted molar refractivity (Wildman–Crippen MR) is 96.7 cm³/mol. The van der Waals surface area contributed by atoms with Crippen LogP contribution in [0.5, 0.6) is 0 Å². The lowest BCUT2D eigenvalue weighted by Crippen LogP contribution is -2.68. The van der Waals surface area contributed by atoms with Crippen molar-refractivity contribution >= 4 is 25.7 Å². The zero-order valence-electron chi connectivity index (χ0n) is 14.4. The quantitative estimate of drug-likeness (QED) is 0.410. The normalized spacial score (nSPS) is 22.6. The number of alkyl halides is 1. The van der Waals surface area contributed by atoms with Crippen molar-refractivity contribution in [3.63, 3.8) is 0 Å². The molecule has 1 fully saturated rings. The molecule has 0 spiro atoms. The summed E-state index contributed by atoms with van der Waals surface area (Å²) in [7, 11) is -1.86. The molecule has 0 bridgehead atoms. The Bertz CT molecular complexity index is 524. The summed E-state index contributed by atoms with van der Waals surface area (Å²) < 4.78 is 2.24. The molecule has 2 rings (SSSR count). The third-order valence-corrected chi connectivity index (χ3v) is 11.1. The van der Waals surface area contributed by atoms with Crippen LogP contribution in [0, 0.1) is 5.92 Å². The Morgan fingerprint density at radius 3 is 2.27 bits per heavy atom.